The molecule has 1 aliphatic heterocycles. The molecule has 1 fully saturated rings. The van der Waals surface area contributed by atoms with E-state index < -0.39 is 0 Å². The molecular formula is C34H34ClN5S. The van der Waals surface area contributed by atoms with Crippen LogP contribution in [0.4, 0.5) is 5.69 Å². The van der Waals surface area contributed by atoms with Crippen molar-refractivity contribution in [1.82, 2.24) is 9.88 Å². The van der Waals surface area contributed by atoms with E-state index in [0.29, 0.717) is 31.8 Å². The van der Waals surface area contributed by atoms with Crippen molar-refractivity contribution in [3.05, 3.63) is 94.0 Å². The molecule has 208 valence electrons. The molecule has 0 saturated carbocycles. The minimum atomic E-state index is 0.453. The van der Waals surface area contributed by atoms with Crippen LogP contribution in [0.5, 0.6) is 0 Å². The van der Waals surface area contributed by atoms with Gasteiger partial charge in [-0.25, -0.2) is 4.98 Å². The summed E-state index contributed by atoms with van der Waals surface area (Å²) in [6, 6.07) is 29.8. The molecule has 2 heterocycles. The maximum Gasteiger partial charge on any atom is 0.0970 e. The predicted octanol–water partition coefficient (Wildman–Crippen LogP) is 8.45. The van der Waals surface area contributed by atoms with Crippen LogP contribution in [0.25, 0.3) is 21.7 Å². The van der Waals surface area contributed by atoms with Crippen LogP contribution in [0.15, 0.2) is 72.8 Å². The first-order valence-electron chi connectivity index (χ1n) is 14.2. The number of aryl methyl sites for hydroxylation is 1. The highest BCUT2D eigenvalue weighted by Gasteiger charge is 2.25. The number of hydrogen-bond acceptors (Lipinski definition) is 6. The van der Waals surface area contributed by atoms with Crippen LogP contribution < -0.4 is 4.90 Å². The van der Waals surface area contributed by atoms with Crippen LogP contribution in [0.3, 0.4) is 0 Å². The Balaban J connectivity index is 1.25. The number of likely N-dealkylation sites (tertiary alicyclic amines) is 1. The zero-order valence-corrected chi connectivity index (χ0v) is 25.0. The number of rotatable bonds is 10. The number of benzene rings is 3. The van der Waals surface area contributed by atoms with Crippen LogP contribution in [-0.2, 0) is 6.54 Å². The van der Waals surface area contributed by atoms with Gasteiger partial charge in [0.15, 0.2) is 0 Å². The minimum Gasteiger partial charge on any atom is -0.369 e. The number of piperidine rings is 1. The van der Waals surface area contributed by atoms with E-state index in [4.69, 9.17) is 27.1 Å². The fourth-order valence-corrected chi connectivity index (χ4v) is 6.75. The summed E-state index contributed by atoms with van der Waals surface area (Å²) in [5, 5.41) is 19.9. The number of halogens is 1. The van der Waals surface area contributed by atoms with Gasteiger partial charge >= 0.3 is 0 Å². The van der Waals surface area contributed by atoms with Crippen molar-refractivity contribution in [2.24, 2.45) is 0 Å². The third-order valence-electron chi connectivity index (χ3n) is 7.71. The standard InChI is InChI=1S/C34H34ClN5S/c1-25-4-8-28(9-5-25)33-32(27-10-12-30(35)13-11-27)38-34(41-33)29-16-22-39(23-17-29)24-26-6-14-31(15-7-26)40(20-2-18-36)21-3-19-37/h4-15,29H,2-3,16-17,20-24H2,1H3. The number of thiazole rings is 1. The molecule has 1 aliphatic rings. The maximum atomic E-state index is 8.99. The molecule has 1 aromatic heterocycles. The van der Waals surface area contributed by atoms with Crippen LogP contribution in [0.1, 0.15) is 47.7 Å². The molecule has 0 bridgehead atoms. The Morgan fingerprint density at radius 3 is 2.10 bits per heavy atom. The molecule has 3 aromatic carbocycles. The minimum absolute atomic E-state index is 0.453. The van der Waals surface area contributed by atoms with Crippen LogP contribution in [0, 0.1) is 29.6 Å². The molecule has 1 saturated heterocycles. The highest BCUT2D eigenvalue weighted by molar-refractivity contribution is 7.15. The van der Waals surface area contributed by atoms with Gasteiger partial charge in [0, 0.05) is 41.8 Å². The second kappa shape index (κ2) is 13.8. The number of anilines is 1. The fraction of sp³-hybridized carbons (Fsp3) is 0.324. The number of hydrogen-bond donors (Lipinski definition) is 0. The Labute approximate surface area is 252 Å². The van der Waals surface area contributed by atoms with Gasteiger partial charge in [0.05, 0.1) is 40.6 Å². The van der Waals surface area contributed by atoms with Crippen molar-refractivity contribution in [2.75, 3.05) is 31.1 Å². The normalized spacial score (nSPS) is 14.0. The lowest BCUT2D eigenvalue weighted by atomic mass is 9.97. The van der Waals surface area contributed by atoms with Crippen LogP contribution in [0.2, 0.25) is 5.02 Å². The molecule has 0 radical (unpaired) electrons. The quantitative estimate of drug-likeness (QED) is 0.188. The predicted molar refractivity (Wildman–Crippen MR) is 169 cm³/mol. The van der Waals surface area contributed by atoms with E-state index in [1.165, 1.54) is 26.6 Å². The van der Waals surface area contributed by atoms with Gasteiger partial charge in [0.2, 0.25) is 0 Å². The molecule has 5 nitrogen and oxygen atoms in total. The largest absolute Gasteiger partial charge is 0.369 e. The summed E-state index contributed by atoms with van der Waals surface area (Å²) in [7, 11) is 0. The first-order valence-corrected chi connectivity index (χ1v) is 15.4. The van der Waals surface area contributed by atoms with Crippen molar-refractivity contribution in [3.63, 3.8) is 0 Å². The Morgan fingerprint density at radius 2 is 1.49 bits per heavy atom. The molecule has 0 unspecified atom stereocenters. The summed E-state index contributed by atoms with van der Waals surface area (Å²) in [4.78, 5) is 11.1. The summed E-state index contributed by atoms with van der Waals surface area (Å²) >= 11 is 8.02. The van der Waals surface area contributed by atoms with Gasteiger partial charge < -0.3 is 4.90 Å². The second-order valence-corrected chi connectivity index (χ2v) is 12.1. The van der Waals surface area contributed by atoms with E-state index in [-0.39, 0.29) is 0 Å². The monoisotopic (exact) mass is 579 g/mol. The molecule has 41 heavy (non-hydrogen) atoms. The Morgan fingerprint density at radius 1 is 0.878 bits per heavy atom. The lowest BCUT2D eigenvalue weighted by Gasteiger charge is -2.31. The van der Waals surface area contributed by atoms with Gasteiger partial charge in [-0.05, 0) is 68.2 Å². The van der Waals surface area contributed by atoms with E-state index in [9.17, 15) is 0 Å². The smallest absolute Gasteiger partial charge is 0.0970 e. The Hall–Kier alpha value is -3.68. The van der Waals surface area contributed by atoms with E-state index in [2.05, 4.69) is 89.5 Å². The third kappa shape index (κ3) is 7.34. The van der Waals surface area contributed by atoms with Crippen molar-refractivity contribution >= 4 is 28.6 Å². The van der Waals surface area contributed by atoms with E-state index >= 15 is 0 Å². The average Bonchev–Trinajstić information content (AvgIpc) is 3.44. The summed E-state index contributed by atoms with van der Waals surface area (Å²) in [5.74, 6) is 0.456. The van der Waals surface area contributed by atoms with E-state index in [1.807, 2.05) is 23.5 Å². The zero-order valence-electron chi connectivity index (χ0n) is 23.4. The lowest BCUT2D eigenvalue weighted by Crippen LogP contribution is -2.32. The molecule has 0 amide bonds. The molecule has 4 aromatic rings. The van der Waals surface area contributed by atoms with Crippen LogP contribution in [-0.4, -0.2) is 36.1 Å². The zero-order chi connectivity index (χ0) is 28.6. The first-order chi connectivity index (χ1) is 20.0. The summed E-state index contributed by atoms with van der Waals surface area (Å²) < 4.78 is 0. The maximum absolute atomic E-state index is 8.99. The van der Waals surface area contributed by atoms with Crippen molar-refractivity contribution < 1.29 is 0 Å². The van der Waals surface area contributed by atoms with Crippen molar-refractivity contribution in [2.45, 2.75) is 45.1 Å². The second-order valence-electron chi connectivity index (χ2n) is 10.6. The summed E-state index contributed by atoms with van der Waals surface area (Å²) in [6.07, 6.45) is 3.09. The Kier molecular flexibility index (Phi) is 9.70. The summed E-state index contributed by atoms with van der Waals surface area (Å²) in [5.41, 5.74) is 6.97. The number of nitriles is 2. The van der Waals surface area contributed by atoms with E-state index in [0.717, 1.165) is 54.4 Å². The molecule has 7 heteroatoms. The van der Waals surface area contributed by atoms with E-state index in [1.54, 1.807) is 0 Å². The van der Waals surface area contributed by atoms with Gasteiger partial charge in [0.25, 0.3) is 0 Å². The number of nitrogens with zero attached hydrogens (tertiary/aromatic N) is 5. The summed E-state index contributed by atoms with van der Waals surface area (Å²) in [6.45, 7) is 6.41. The topological polar surface area (TPSA) is 67.0 Å². The van der Waals surface area contributed by atoms with Gasteiger partial charge in [0.1, 0.15) is 0 Å². The molecule has 0 atom stereocenters. The molecule has 5 rings (SSSR count). The van der Waals surface area contributed by atoms with Gasteiger partial charge in [-0.3, -0.25) is 4.90 Å². The van der Waals surface area contributed by atoms with Gasteiger partial charge in [-0.15, -0.1) is 11.3 Å². The Bertz CT molecular complexity index is 1430. The highest BCUT2D eigenvalue weighted by Crippen LogP contribution is 2.42. The van der Waals surface area contributed by atoms with Gasteiger partial charge in [-0.2, -0.15) is 10.5 Å². The molecular weight excluding hydrogens is 546 g/mol. The molecule has 0 spiro atoms. The SMILES string of the molecule is Cc1ccc(-c2sc(C3CCN(Cc4ccc(N(CCC#N)CCC#N)cc4)CC3)nc2-c2ccc(Cl)cc2)cc1. The van der Waals surface area contributed by atoms with Gasteiger partial charge in [-0.1, -0.05) is 65.7 Å². The van der Waals surface area contributed by atoms with Crippen LogP contribution >= 0.6 is 22.9 Å². The molecule has 0 aliphatic carbocycles. The first kappa shape index (κ1) is 28.8. The van der Waals surface area contributed by atoms with Crippen molar-refractivity contribution in [1.29, 1.82) is 10.5 Å². The third-order valence-corrected chi connectivity index (χ3v) is 9.23. The number of aromatic nitrogens is 1. The average molecular weight is 580 g/mol. The fourth-order valence-electron chi connectivity index (χ4n) is 5.36. The van der Waals surface area contributed by atoms with Crippen molar-refractivity contribution in [3.8, 4) is 33.8 Å². The molecule has 0 N–H and O–H groups in total. The lowest BCUT2D eigenvalue weighted by molar-refractivity contribution is 0.204. The highest BCUT2D eigenvalue weighted by atomic mass is 35.5.